The van der Waals surface area contributed by atoms with Crippen LogP contribution in [0.2, 0.25) is 0 Å². The summed E-state index contributed by atoms with van der Waals surface area (Å²) in [5.74, 6) is 0.268. The molecule has 1 aromatic rings. The molecule has 1 aliphatic heterocycles. The fourth-order valence-electron chi connectivity index (χ4n) is 2.80. The maximum atomic E-state index is 12.6. The van der Waals surface area contributed by atoms with Crippen molar-refractivity contribution in [1.82, 2.24) is 25.5 Å². The molecule has 1 atom stereocenters. The van der Waals surface area contributed by atoms with Crippen molar-refractivity contribution in [2.45, 2.75) is 31.7 Å². The van der Waals surface area contributed by atoms with Crippen molar-refractivity contribution in [2.24, 2.45) is 4.99 Å². The lowest BCUT2D eigenvalue weighted by Gasteiger charge is -2.19. The first-order valence-corrected chi connectivity index (χ1v) is 9.05. The van der Waals surface area contributed by atoms with Crippen molar-refractivity contribution in [1.29, 1.82) is 0 Å². The molecule has 0 radical (unpaired) electrons. The van der Waals surface area contributed by atoms with E-state index in [0.717, 1.165) is 12.3 Å². The van der Waals surface area contributed by atoms with Crippen LogP contribution in [-0.4, -0.2) is 72.3 Å². The number of nitrogens with zero attached hydrogens (tertiary/aromatic N) is 4. The number of aromatic nitrogens is 2. The van der Waals surface area contributed by atoms with Crippen LogP contribution in [0.1, 0.15) is 19.0 Å². The molecule has 2 heterocycles. The number of alkyl halides is 6. The maximum absolute atomic E-state index is 12.6. The molecular formula is C16H23F6N7. The van der Waals surface area contributed by atoms with Crippen LogP contribution < -0.4 is 16.0 Å². The molecule has 0 saturated carbocycles. The monoisotopic (exact) mass is 427 g/mol. The Labute approximate surface area is 164 Å². The summed E-state index contributed by atoms with van der Waals surface area (Å²) in [6, 6.07) is 0.607. The number of rotatable bonds is 7. The highest BCUT2D eigenvalue weighted by Crippen LogP contribution is 2.27. The Hall–Kier alpha value is -2.31. The Morgan fingerprint density at radius 1 is 1.28 bits per heavy atom. The molecule has 164 valence electrons. The van der Waals surface area contributed by atoms with Crippen molar-refractivity contribution in [2.75, 3.05) is 44.6 Å². The van der Waals surface area contributed by atoms with Crippen LogP contribution in [-0.2, 0) is 6.18 Å². The summed E-state index contributed by atoms with van der Waals surface area (Å²) in [6.07, 6.45) is -7.22. The number of nitrogens with one attached hydrogen (secondary N) is 3. The van der Waals surface area contributed by atoms with Gasteiger partial charge in [0.05, 0.1) is 13.1 Å². The molecule has 3 N–H and O–H groups in total. The summed E-state index contributed by atoms with van der Waals surface area (Å²) in [6.45, 7) is 2.42. The summed E-state index contributed by atoms with van der Waals surface area (Å²) < 4.78 is 75.3. The van der Waals surface area contributed by atoms with Gasteiger partial charge in [-0.05, 0) is 19.4 Å². The summed E-state index contributed by atoms with van der Waals surface area (Å²) in [5.41, 5.74) is -1.04. The Balaban J connectivity index is 1.82. The molecule has 13 heteroatoms. The van der Waals surface area contributed by atoms with E-state index in [4.69, 9.17) is 0 Å². The van der Waals surface area contributed by atoms with E-state index in [1.807, 2.05) is 6.92 Å². The fourth-order valence-corrected chi connectivity index (χ4v) is 2.80. The third kappa shape index (κ3) is 8.30. The van der Waals surface area contributed by atoms with Crippen LogP contribution in [0.5, 0.6) is 0 Å². The van der Waals surface area contributed by atoms with Gasteiger partial charge in [-0.1, -0.05) is 0 Å². The molecular weight excluding hydrogens is 404 g/mol. The zero-order valence-electron chi connectivity index (χ0n) is 15.7. The van der Waals surface area contributed by atoms with Gasteiger partial charge >= 0.3 is 12.4 Å². The van der Waals surface area contributed by atoms with Gasteiger partial charge in [0.25, 0.3) is 0 Å². The van der Waals surface area contributed by atoms with Gasteiger partial charge in [0.2, 0.25) is 5.95 Å². The van der Waals surface area contributed by atoms with E-state index in [1.165, 1.54) is 4.90 Å². The number of hydrogen-bond donors (Lipinski definition) is 3. The third-order valence-electron chi connectivity index (χ3n) is 3.97. The van der Waals surface area contributed by atoms with Gasteiger partial charge in [0.15, 0.2) is 5.96 Å². The molecule has 7 nitrogen and oxygen atoms in total. The molecule has 1 aromatic heterocycles. The highest BCUT2D eigenvalue weighted by Gasteiger charge is 2.34. The molecule has 2 rings (SSSR count). The van der Waals surface area contributed by atoms with Crippen LogP contribution in [0, 0.1) is 0 Å². The standard InChI is InChI=1S/C16H23F6N7/c1-2-23-13(27-11-4-8-29(9-11)10-15(17,18)19)25-6-7-26-14-24-5-3-12(28-14)16(20,21)22/h3,5,11H,2,4,6-10H2,1H3,(H2,23,25,27)(H,24,26,28). The molecule has 1 unspecified atom stereocenters. The lowest BCUT2D eigenvalue weighted by atomic mass is 10.3. The fraction of sp³-hybridized carbons (Fsp3) is 0.688. The minimum absolute atomic E-state index is 0.161. The van der Waals surface area contributed by atoms with Gasteiger partial charge in [-0.25, -0.2) is 9.97 Å². The second-order valence-corrected chi connectivity index (χ2v) is 6.43. The van der Waals surface area contributed by atoms with Crippen LogP contribution in [0.15, 0.2) is 17.3 Å². The molecule has 1 fully saturated rings. The van der Waals surface area contributed by atoms with E-state index >= 15 is 0 Å². The van der Waals surface area contributed by atoms with Gasteiger partial charge in [0, 0.05) is 38.4 Å². The highest BCUT2D eigenvalue weighted by atomic mass is 19.4. The van der Waals surface area contributed by atoms with E-state index in [0.29, 0.717) is 25.5 Å². The van der Waals surface area contributed by atoms with E-state index in [9.17, 15) is 26.3 Å². The van der Waals surface area contributed by atoms with E-state index in [1.54, 1.807) is 0 Å². The minimum Gasteiger partial charge on any atom is -0.357 e. The number of anilines is 1. The molecule has 1 saturated heterocycles. The summed E-state index contributed by atoms with van der Waals surface area (Å²) in [5, 5.41) is 8.74. The molecule has 0 aromatic carbocycles. The minimum atomic E-state index is -4.55. The Morgan fingerprint density at radius 2 is 2.03 bits per heavy atom. The van der Waals surface area contributed by atoms with Gasteiger partial charge in [-0.15, -0.1) is 0 Å². The van der Waals surface area contributed by atoms with Crippen molar-refractivity contribution in [3.05, 3.63) is 18.0 Å². The number of aliphatic imine (C=N–C) groups is 1. The first-order chi connectivity index (χ1) is 13.6. The summed E-state index contributed by atoms with van der Waals surface area (Å²) >= 11 is 0. The van der Waals surface area contributed by atoms with E-state index < -0.39 is 24.6 Å². The second kappa shape index (κ2) is 9.94. The molecule has 0 bridgehead atoms. The quantitative estimate of drug-likeness (QED) is 0.268. The van der Waals surface area contributed by atoms with E-state index in [2.05, 4.69) is 30.9 Å². The maximum Gasteiger partial charge on any atom is 0.433 e. The zero-order chi connectivity index (χ0) is 21.5. The number of guanidine groups is 1. The Kier molecular flexibility index (Phi) is 7.88. The van der Waals surface area contributed by atoms with Crippen LogP contribution in [0.25, 0.3) is 0 Å². The molecule has 0 aliphatic carbocycles. The molecule has 0 amide bonds. The average molecular weight is 427 g/mol. The molecule has 29 heavy (non-hydrogen) atoms. The number of hydrogen-bond acceptors (Lipinski definition) is 5. The van der Waals surface area contributed by atoms with Crippen molar-refractivity contribution < 1.29 is 26.3 Å². The second-order valence-electron chi connectivity index (χ2n) is 6.43. The molecule has 1 aliphatic rings. The van der Waals surface area contributed by atoms with Crippen LogP contribution >= 0.6 is 0 Å². The number of halogens is 6. The van der Waals surface area contributed by atoms with Crippen LogP contribution in [0.4, 0.5) is 32.3 Å². The average Bonchev–Trinajstić information content (AvgIpc) is 3.03. The van der Waals surface area contributed by atoms with Gasteiger partial charge in [-0.2, -0.15) is 26.3 Å². The third-order valence-corrected chi connectivity index (χ3v) is 3.97. The zero-order valence-corrected chi connectivity index (χ0v) is 15.7. The largest absolute Gasteiger partial charge is 0.433 e. The van der Waals surface area contributed by atoms with Crippen molar-refractivity contribution >= 4 is 11.9 Å². The highest BCUT2D eigenvalue weighted by molar-refractivity contribution is 5.80. The van der Waals surface area contributed by atoms with Gasteiger partial charge in [0.1, 0.15) is 5.69 Å². The van der Waals surface area contributed by atoms with E-state index in [-0.39, 0.29) is 31.6 Å². The van der Waals surface area contributed by atoms with Gasteiger partial charge < -0.3 is 16.0 Å². The Bertz CT molecular complexity index is 676. The smallest absolute Gasteiger partial charge is 0.357 e. The summed E-state index contributed by atoms with van der Waals surface area (Å²) in [4.78, 5) is 12.7. The van der Waals surface area contributed by atoms with Gasteiger partial charge in [-0.3, -0.25) is 9.89 Å². The lowest BCUT2D eigenvalue weighted by molar-refractivity contribution is -0.143. The van der Waals surface area contributed by atoms with Crippen LogP contribution in [0.3, 0.4) is 0 Å². The first-order valence-electron chi connectivity index (χ1n) is 9.05. The predicted molar refractivity (Wildman–Crippen MR) is 95.5 cm³/mol. The SMILES string of the molecule is CCNC(=NCCNc1nccc(C(F)(F)F)n1)NC1CCN(CC(F)(F)F)C1. The van der Waals surface area contributed by atoms with Crippen molar-refractivity contribution in [3.63, 3.8) is 0 Å². The summed E-state index contributed by atoms with van der Waals surface area (Å²) in [7, 11) is 0. The number of likely N-dealkylation sites (tertiary alicyclic amines) is 1. The lowest BCUT2D eigenvalue weighted by Crippen LogP contribution is -2.45. The topological polar surface area (TPSA) is 77.5 Å². The molecule has 0 spiro atoms. The first kappa shape index (κ1) is 23.0. The van der Waals surface area contributed by atoms with Crippen molar-refractivity contribution in [3.8, 4) is 0 Å². The Morgan fingerprint density at radius 3 is 2.69 bits per heavy atom. The normalized spacial score (nSPS) is 18.7. The predicted octanol–water partition coefficient (Wildman–Crippen LogP) is 2.10.